The molecule has 3 rings (SSSR count). The lowest BCUT2D eigenvalue weighted by Gasteiger charge is -2.21. The van der Waals surface area contributed by atoms with Gasteiger partial charge >= 0.3 is 0 Å². The van der Waals surface area contributed by atoms with E-state index in [1.165, 1.54) is 5.56 Å². The molecule has 2 heterocycles. The number of hydrogen-bond acceptors (Lipinski definition) is 3. The number of carbonyl (C=O) groups excluding carboxylic acids is 1. The molecular formula is C15H20N2O2. The zero-order valence-corrected chi connectivity index (χ0v) is 11.3. The van der Waals surface area contributed by atoms with Gasteiger partial charge in [0.05, 0.1) is 18.3 Å². The summed E-state index contributed by atoms with van der Waals surface area (Å²) in [6, 6.07) is 5.99. The van der Waals surface area contributed by atoms with Gasteiger partial charge in [-0.2, -0.15) is 0 Å². The van der Waals surface area contributed by atoms with Gasteiger partial charge in [0.15, 0.2) is 0 Å². The molecule has 1 fully saturated rings. The third-order valence-electron chi connectivity index (χ3n) is 3.91. The first kappa shape index (κ1) is 12.5. The Hall–Kier alpha value is -1.55. The van der Waals surface area contributed by atoms with Crippen molar-refractivity contribution in [2.24, 2.45) is 0 Å². The van der Waals surface area contributed by atoms with Gasteiger partial charge in [-0.1, -0.05) is 6.07 Å². The van der Waals surface area contributed by atoms with Crippen LogP contribution < -0.4 is 15.0 Å². The number of fused-ring (bicyclic) bond motifs is 1. The minimum Gasteiger partial charge on any atom is -0.494 e. The standard InChI is InChI=1S/C15H20N2O2/c1-2-19-14-7-3-6-13-11(14)8-10-17(13)15(18)12-5-4-9-16-12/h3,6-7,12,16H,2,4-5,8-10H2,1H3. The zero-order valence-electron chi connectivity index (χ0n) is 11.3. The molecular weight excluding hydrogens is 240 g/mol. The first-order valence-electron chi connectivity index (χ1n) is 7.10. The van der Waals surface area contributed by atoms with Crippen molar-refractivity contribution in [1.82, 2.24) is 5.32 Å². The van der Waals surface area contributed by atoms with E-state index >= 15 is 0 Å². The van der Waals surface area contributed by atoms with Crippen LogP contribution >= 0.6 is 0 Å². The maximum atomic E-state index is 12.5. The monoisotopic (exact) mass is 260 g/mol. The summed E-state index contributed by atoms with van der Waals surface area (Å²) in [5, 5.41) is 3.28. The third-order valence-corrected chi connectivity index (χ3v) is 3.91. The van der Waals surface area contributed by atoms with Crippen LogP contribution in [0.5, 0.6) is 5.75 Å². The van der Waals surface area contributed by atoms with Crippen LogP contribution in [0.1, 0.15) is 25.3 Å². The van der Waals surface area contributed by atoms with E-state index in [-0.39, 0.29) is 11.9 Å². The van der Waals surface area contributed by atoms with Gasteiger partial charge in [0.1, 0.15) is 5.75 Å². The third kappa shape index (κ3) is 2.21. The lowest BCUT2D eigenvalue weighted by atomic mass is 10.1. The predicted molar refractivity (Wildman–Crippen MR) is 74.7 cm³/mol. The van der Waals surface area contributed by atoms with E-state index < -0.39 is 0 Å². The molecule has 0 spiro atoms. The molecule has 4 heteroatoms. The molecule has 4 nitrogen and oxygen atoms in total. The van der Waals surface area contributed by atoms with Crippen molar-refractivity contribution in [3.8, 4) is 5.75 Å². The Balaban J connectivity index is 1.85. The Labute approximate surface area is 113 Å². The van der Waals surface area contributed by atoms with E-state index in [0.29, 0.717) is 6.61 Å². The smallest absolute Gasteiger partial charge is 0.244 e. The van der Waals surface area contributed by atoms with Gasteiger partial charge in [0.2, 0.25) is 5.91 Å². The average Bonchev–Trinajstić information content (AvgIpc) is 3.08. The van der Waals surface area contributed by atoms with E-state index in [4.69, 9.17) is 4.74 Å². The van der Waals surface area contributed by atoms with Gasteiger partial charge in [-0.3, -0.25) is 4.79 Å². The summed E-state index contributed by atoms with van der Waals surface area (Å²) in [7, 11) is 0. The van der Waals surface area contributed by atoms with Crippen molar-refractivity contribution >= 4 is 11.6 Å². The molecule has 0 aromatic heterocycles. The summed E-state index contributed by atoms with van der Waals surface area (Å²) in [5.74, 6) is 1.14. The summed E-state index contributed by atoms with van der Waals surface area (Å²) in [6.45, 7) is 4.38. The van der Waals surface area contributed by atoms with Gasteiger partial charge in [-0.25, -0.2) is 0 Å². The van der Waals surface area contributed by atoms with Crippen LogP contribution in [0.25, 0.3) is 0 Å². The highest BCUT2D eigenvalue weighted by Crippen LogP contribution is 2.35. The largest absolute Gasteiger partial charge is 0.494 e. The molecule has 1 amide bonds. The zero-order chi connectivity index (χ0) is 13.2. The van der Waals surface area contributed by atoms with Crippen LogP contribution in [0.3, 0.4) is 0 Å². The molecule has 0 aliphatic carbocycles. The van der Waals surface area contributed by atoms with Crippen LogP contribution in [0.4, 0.5) is 5.69 Å². The number of amides is 1. The molecule has 1 N–H and O–H groups in total. The molecule has 0 bridgehead atoms. The van der Waals surface area contributed by atoms with Gasteiger partial charge in [0.25, 0.3) is 0 Å². The van der Waals surface area contributed by atoms with Crippen molar-refractivity contribution in [3.05, 3.63) is 23.8 Å². The van der Waals surface area contributed by atoms with E-state index in [1.54, 1.807) is 0 Å². The Morgan fingerprint density at radius 2 is 2.42 bits per heavy atom. The number of anilines is 1. The summed E-state index contributed by atoms with van der Waals surface area (Å²) in [4.78, 5) is 14.4. The number of nitrogens with zero attached hydrogens (tertiary/aromatic N) is 1. The molecule has 1 atom stereocenters. The second-order valence-electron chi connectivity index (χ2n) is 5.08. The molecule has 1 saturated heterocycles. The molecule has 102 valence electrons. The Morgan fingerprint density at radius 3 is 3.16 bits per heavy atom. The molecule has 1 aromatic rings. The van der Waals surface area contributed by atoms with Crippen LogP contribution in [0.15, 0.2) is 18.2 Å². The molecule has 1 aromatic carbocycles. The fourth-order valence-corrected chi connectivity index (χ4v) is 3.01. The number of ether oxygens (including phenoxy) is 1. The fourth-order valence-electron chi connectivity index (χ4n) is 3.01. The van der Waals surface area contributed by atoms with Crippen molar-refractivity contribution in [1.29, 1.82) is 0 Å². The maximum absolute atomic E-state index is 12.5. The van der Waals surface area contributed by atoms with Crippen LogP contribution in [-0.2, 0) is 11.2 Å². The maximum Gasteiger partial charge on any atom is 0.244 e. The highest BCUT2D eigenvalue weighted by molar-refractivity contribution is 5.99. The number of rotatable bonds is 3. The average molecular weight is 260 g/mol. The predicted octanol–water partition coefficient (Wildman–Crippen LogP) is 1.73. The number of benzene rings is 1. The molecule has 0 radical (unpaired) electrons. The molecule has 2 aliphatic rings. The molecule has 1 unspecified atom stereocenters. The highest BCUT2D eigenvalue weighted by Gasteiger charge is 2.32. The van der Waals surface area contributed by atoms with Crippen LogP contribution in [0, 0.1) is 0 Å². The summed E-state index contributed by atoms with van der Waals surface area (Å²) >= 11 is 0. The van der Waals surface area contributed by atoms with Crippen molar-refractivity contribution in [2.75, 3.05) is 24.6 Å². The van der Waals surface area contributed by atoms with Gasteiger partial charge < -0.3 is 15.0 Å². The van der Waals surface area contributed by atoms with Gasteiger partial charge in [-0.15, -0.1) is 0 Å². The summed E-state index contributed by atoms with van der Waals surface area (Å²) < 4.78 is 5.65. The Bertz CT molecular complexity index is 481. The normalized spacial score (nSPS) is 21.5. The Kier molecular flexibility index (Phi) is 3.42. The minimum absolute atomic E-state index is 0.00157. The van der Waals surface area contributed by atoms with Gasteiger partial charge in [0, 0.05) is 12.1 Å². The van der Waals surface area contributed by atoms with Gasteiger partial charge in [-0.05, 0) is 44.9 Å². The van der Waals surface area contributed by atoms with E-state index in [2.05, 4.69) is 5.32 Å². The first-order chi connectivity index (χ1) is 9.31. The van der Waals surface area contributed by atoms with Crippen molar-refractivity contribution in [3.63, 3.8) is 0 Å². The molecule has 2 aliphatic heterocycles. The van der Waals surface area contributed by atoms with Crippen molar-refractivity contribution < 1.29 is 9.53 Å². The quantitative estimate of drug-likeness (QED) is 0.900. The number of nitrogens with one attached hydrogen (secondary N) is 1. The minimum atomic E-state index is 0.00157. The second kappa shape index (κ2) is 5.21. The lowest BCUT2D eigenvalue weighted by molar-refractivity contribution is -0.120. The fraction of sp³-hybridized carbons (Fsp3) is 0.533. The SMILES string of the molecule is CCOc1cccc2c1CCN2C(=O)C1CCCN1. The van der Waals surface area contributed by atoms with E-state index in [1.807, 2.05) is 30.0 Å². The summed E-state index contributed by atoms with van der Waals surface area (Å²) in [6.07, 6.45) is 2.94. The molecule has 0 saturated carbocycles. The highest BCUT2D eigenvalue weighted by atomic mass is 16.5. The first-order valence-corrected chi connectivity index (χ1v) is 7.10. The number of carbonyl (C=O) groups is 1. The molecule has 19 heavy (non-hydrogen) atoms. The second-order valence-corrected chi connectivity index (χ2v) is 5.08. The number of hydrogen-bond donors (Lipinski definition) is 1. The van der Waals surface area contributed by atoms with E-state index in [9.17, 15) is 4.79 Å². The topological polar surface area (TPSA) is 41.6 Å². The van der Waals surface area contributed by atoms with E-state index in [0.717, 1.165) is 43.8 Å². The lowest BCUT2D eigenvalue weighted by Crippen LogP contribution is -2.42. The van der Waals surface area contributed by atoms with Crippen LogP contribution in [0.2, 0.25) is 0 Å². The van der Waals surface area contributed by atoms with Crippen molar-refractivity contribution in [2.45, 2.75) is 32.2 Å². The van der Waals surface area contributed by atoms with Crippen LogP contribution in [-0.4, -0.2) is 31.6 Å². The summed E-state index contributed by atoms with van der Waals surface area (Å²) in [5.41, 5.74) is 2.21. The Morgan fingerprint density at radius 1 is 1.53 bits per heavy atom.